The number of aromatic nitrogens is 2. The van der Waals surface area contributed by atoms with Gasteiger partial charge in [0, 0.05) is 6.54 Å². The van der Waals surface area contributed by atoms with Gasteiger partial charge < -0.3 is 10.1 Å². The molecule has 4 nitrogen and oxygen atoms in total. The van der Waals surface area contributed by atoms with Gasteiger partial charge in [0.05, 0.1) is 0 Å². The van der Waals surface area contributed by atoms with Gasteiger partial charge in [0.15, 0.2) is 6.10 Å². The van der Waals surface area contributed by atoms with Crippen molar-refractivity contribution in [2.45, 2.75) is 26.1 Å². The number of hydrogen-bond donors (Lipinski definition) is 1. The van der Waals surface area contributed by atoms with Crippen LogP contribution in [0.3, 0.4) is 0 Å². The van der Waals surface area contributed by atoms with Crippen LogP contribution in [0, 0.1) is 0 Å². The van der Waals surface area contributed by atoms with Gasteiger partial charge in [0.25, 0.3) is 0 Å². The third-order valence-electron chi connectivity index (χ3n) is 1.85. The molecule has 0 aliphatic rings. The van der Waals surface area contributed by atoms with Gasteiger partial charge in [-0.3, -0.25) is 0 Å². The van der Waals surface area contributed by atoms with Crippen LogP contribution >= 0.6 is 15.9 Å². The Morgan fingerprint density at radius 3 is 2.65 bits per heavy atom. The van der Waals surface area contributed by atoms with Crippen molar-refractivity contribution in [1.29, 1.82) is 0 Å². The molecule has 0 bridgehead atoms. The Morgan fingerprint density at radius 2 is 2.12 bits per heavy atom. The standard InChI is InChI=1S/C9H11BrF3N3O/c1-3-14-7-6(10)8(16-4-15-7)17-5(2)9(11,12)13/h4-5H,3H2,1-2H3,(H,14,15,16). The first-order chi connectivity index (χ1) is 7.86. The molecule has 1 rings (SSSR count). The van der Waals surface area contributed by atoms with Crippen molar-refractivity contribution in [3.63, 3.8) is 0 Å². The average molecular weight is 314 g/mol. The van der Waals surface area contributed by atoms with Crippen LogP contribution in [0.25, 0.3) is 0 Å². The number of hydrogen-bond acceptors (Lipinski definition) is 4. The summed E-state index contributed by atoms with van der Waals surface area (Å²) in [5, 5.41) is 2.87. The summed E-state index contributed by atoms with van der Waals surface area (Å²) in [6.45, 7) is 3.35. The second-order valence-corrected chi connectivity index (χ2v) is 3.97. The van der Waals surface area contributed by atoms with E-state index in [4.69, 9.17) is 4.74 Å². The molecule has 1 heterocycles. The highest BCUT2D eigenvalue weighted by Gasteiger charge is 2.38. The zero-order valence-corrected chi connectivity index (χ0v) is 10.8. The minimum Gasteiger partial charge on any atom is -0.464 e. The molecule has 0 saturated heterocycles. The number of ether oxygens (including phenoxy) is 1. The van der Waals surface area contributed by atoms with Gasteiger partial charge in [-0.05, 0) is 29.8 Å². The van der Waals surface area contributed by atoms with E-state index < -0.39 is 12.3 Å². The van der Waals surface area contributed by atoms with Gasteiger partial charge in [0.2, 0.25) is 5.88 Å². The fraction of sp³-hybridized carbons (Fsp3) is 0.556. The molecule has 1 aromatic rings. The Bertz CT molecular complexity index is 386. The van der Waals surface area contributed by atoms with Crippen LogP contribution < -0.4 is 10.1 Å². The third-order valence-corrected chi connectivity index (χ3v) is 2.57. The lowest BCUT2D eigenvalue weighted by molar-refractivity contribution is -0.190. The number of alkyl halides is 3. The first kappa shape index (κ1) is 14.0. The Morgan fingerprint density at radius 1 is 1.47 bits per heavy atom. The molecule has 0 amide bonds. The summed E-state index contributed by atoms with van der Waals surface area (Å²) < 4.78 is 42.0. The predicted molar refractivity (Wildman–Crippen MR) is 60.0 cm³/mol. The van der Waals surface area contributed by atoms with Crippen LogP contribution in [0.1, 0.15) is 13.8 Å². The van der Waals surface area contributed by atoms with Crippen molar-refractivity contribution in [2.75, 3.05) is 11.9 Å². The van der Waals surface area contributed by atoms with Gasteiger partial charge in [-0.2, -0.15) is 13.2 Å². The van der Waals surface area contributed by atoms with Gasteiger partial charge in [-0.25, -0.2) is 9.97 Å². The summed E-state index contributed by atoms with van der Waals surface area (Å²) in [5.41, 5.74) is 0. The van der Waals surface area contributed by atoms with E-state index in [-0.39, 0.29) is 10.4 Å². The summed E-state index contributed by atoms with van der Waals surface area (Å²) in [7, 11) is 0. The fourth-order valence-electron chi connectivity index (χ4n) is 0.961. The Hall–Kier alpha value is -1.05. The van der Waals surface area contributed by atoms with Crippen molar-refractivity contribution in [1.82, 2.24) is 9.97 Å². The summed E-state index contributed by atoms with van der Waals surface area (Å²) in [6, 6.07) is 0. The molecule has 1 atom stereocenters. The Kier molecular flexibility index (Phi) is 4.55. The third kappa shape index (κ3) is 3.72. The molecular formula is C9H11BrF3N3O. The monoisotopic (exact) mass is 313 g/mol. The van der Waals surface area contributed by atoms with Gasteiger partial charge >= 0.3 is 6.18 Å². The molecule has 0 fully saturated rings. The fourth-order valence-corrected chi connectivity index (χ4v) is 1.40. The molecule has 8 heteroatoms. The van der Waals surface area contributed by atoms with E-state index >= 15 is 0 Å². The molecule has 1 unspecified atom stereocenters. The van der Waals surface area contributed by atoms with Crippen molar-refractivity contribution in [2.24, 2.45) is 0 Å². The molecule has 1 aromatic heterocycles. The lowest BCUT2D eigenvalue weighted by Crippen LogP contribution is -2.31. The van der Waals surface area contributed by atoms with E-state index in [2.05, 4.69) is 31.2 Å². The minimum atomic E-state index is -4.43. The molecule has 96 valence electrons. The summed E-state index contributed by atoms with van der Waals surface area (Å²) in [6.07, 6.45) is -5.22. The van der Waals surface area contributed by atoms with Crippen LogP contribution in [0.5, 0.6) is 5.88 Å². The zero-order valence-electron chi connectivity index (χ0n) is 9.18. The molecule has 0 radical (unpaired) electrons. The van der Waals surface area contributed by atoms with Crippen molar-refractivity contribution in [3.8, 4) is 5.88 Å². The maximum absolute atomic E-state index is 12.3. The topological polar surface area (TPSA) is 47.0 Å². The summed E-state index contributed by atoms with van der Waals surface area (Å²) >= 11 is 3.10. The lowest BCUT2D eigenvalue weighted by Gasteiger charge is -2.18. The number of halogens is 4. The molecule has 1 N–H and O–H groups in total. The molecule has 0 aromatic carbocycles. The summed E-state index contributed by atoms with van der Waals surface area (Å²) in [4.78, 5) is 7.52. The molecule has 0 saturated carbocycles. The molecule has 17 heavy (non-hydrogen) atoms. The highest BCUT2D eigenvalue weighted by Crippen LogP contribution is 2.31. The van der Waals surface area contributed by atoms with Crippen molar-refractivity contribution < 1.29 is 17.9 Å². The normalized spacial score (nSPS) is 13.3. The predicted octanol–water partition coefficient (Wildman–Crippen LogP) is 3.00. The maximum atomic E-state index is 12.3. The van der Waals surface area contributed by atoms with E-state index in [1.807, 2.05) is 6.92 Å². The second kappa shape index (κ2) is 5.52. The first-order valence-corrected chi connectivity index (χ1v) is 5.63. The maximum Gasteiger partial charge on any atom is 0.425 e. The largest absolute Gasteiger partial charge is 0.464 e. The van der Waals surface area contributed by atoms with Crippen LogP contribution in [0.2, 0.25) is 0 Å². The Labute approximate surface area is 105 Å². The Balaban J connectivity index is 2.88. The molecule has 0 aliphatic heterocycles. The van der Waals surface area contributed by atoms with Crippen LogP contribution in [0.4, 0.5) is 19.0 Å². The second-order valence-electron chi connectivity index (χ2n) is 3.17. The smallest absolute Gasteiger partial charge is 0.425 e. The van der Waals surface area contributed by atoms with E-state index in [0.717, 1.165) is 13.3 Å². The molecule has 0 aliphatic carbocycles. The number of anilines is 1. The SMILES string of the molecule is CCNc1ncnc(OC(C)C(F)(F)F)c1Br. The number of nitrogens with zero attached hydrogens (tertiary/aromatic N) is 2. The lowest BCUT2D eigenvalue weighted by atomic mass is 10.4. The van der Waals surface area contributed by atoms with Gasteiger partial charge in [-0.15, -0.1) is 0 Å². The summed E-state index contributed by atoms with van der Waals surface area (Å²) in [5.74, 6) is 0.257. The molecular weight excluding hydrogens is 303 g/mol. The van der Waals surface area contributed by atoms with Gasteiger partial charge in [0.1, 0.15) is 16.6 Å². The first-order valence-electron chi connectivity index (χ1n) is 4.84. The van der Waals surface area contributed by atoms with Crippen molar-refractivity contribution in [3.05, 3.63) is 10.8 Å². The zero-order chi connectivity index (χ0) is 13.1. The van der Waals surface area contributed by atoms with E-state index in [1.165, 1.54) is 0 Å². The quantitative estimate of drug-likeness (QED) is 0.928. The number of rotatable bonds is 4. The van der Waals surface area contributed by atoms with E-state index in [0.29, 0.717) is 12.4 Å². The highest BCUT2D eigenvalue weighted by atomic mass is 79.9. The number of nitrogens with one attached hydrogen (secondary N) is 1. The minimum absolute atomic E-state index is 0.138. The van der Waals surface area contributed by atoms with Crippen LogP contribution in [-0.2, 0) is 0 Å². The highest BCUT2D eigenvalue weighted by molar-refractivity contribution is 9.10. The van der Waals surface area contributed by atoms with Gasteiger partial charge in [-0.1, -0.05) is 0 Å². The van der Waals surface area contributed by atoms with Crippen LogP contribution in [-0.4, -0.2) is 28.8 Å². The molecule has 0 spiro atoms. The van der Waals surface area contributed by atoms with E-state index in [1.54, 1.807) is 0 Å². The van der Waals surface area contributed by atoms with Crippen molar-refractivity contribution >= 4 is 21.7 Å². The van der Waals surface area contributed by atoms with E-state index in [9.17, 15) is 13.2 Å². The van der Waals surface area contributed by atoms with Crippen LogP contribution in [0.15, 0.2) is 10.8 Å². The average Bonchev–Trinajstić information content (AvgIpc) is 2.22.